The number of hydrogen-bond donors (Lipinski definition) is 0. The fourth-order valence-corrected chi connectivity index (χ4v) is 6.35. The number of amides is 1. The molecule has 0 spiro atoms. The second-order valence-corrected chi connectivity index (χ2v) is 11.4. The smallest absolute Gasteiger partial charge is 0.270 e. The molecule has 0 radical (unpaired) electrons. The molecule has 0 saturated carbocycles. The Morgan fingerprint density at radius 2 is 1.83 bits per heavy atom. The molecule has 2 aromatic rings. The largest absolute Gasteiger partial charge is 0.497 e. The normalized spacial score (nSPS) is 21.3. The van der Waals surface area contributed by atoms with E-state index in [0.29, 0.717) is 33.2 Å². The van der Waals surface area contributed by atoms with Gasteiger partial charge in [0.2, 0.25) is 0 Å². The molecule has 9 heteroatoms. The van der Waals surface area contributed by atoms with E-state index >= 15 is 0 Å². The quantitative estimate of drug-likeness (QED) is 0.424. The van der Waals surface area contributed by atoms with Crippen LogP contribution in [0.25, 0.3) is 6.08 Å². The summed E-state index contributed by atoms with van der Waals surface area (Å²) in [5.74, 6) is 2.25. The molecule has 1 aromatic heterocycles. The van der Waals surface area contributed by atoms with Crippen LogP contribution in [0.4, 0.5) is 5.82 Å². The van der Waals surface area contributed by atoms with Crippen molar-refractivity contribution < 1.29 is 9.53 Å². The van der Waals surface area contributed by atoms with E-state index in [2.05, 4.69) is 24.8 Å². The SMILES string of the molecule is COc1ccc(CN2C(=O)/C(=C\c3c(C)c(C#N)c(=O)n(C)c3N3CC(C)CC(C)C3)SC2=S)cc1. The highest BCUT2D eigenvalue weighted by atomic mass is 32.2. The minimum atomic E-state index is -0.319. The van der Waals surface area contributed by atoms with Crippen LogP contribution < -0.4 is 15.2 Å². The molecule has 0 aliphatic carbocycles. The summed E-state index contributed by atoms with van der Waals surface area (Å²) in [5.41, 5.74) is 2.02. The second-order valence-electron chi connectivity index (χ2n) is 9.68. The summed E-state index contributed by atoms with van der Waals surface area (Å²) in [6.45, 7) is 8.17. The van der Waals surface area contributed by atoms with Gasteiger partial charge < -0.3 is 9.64 Å². The predicted molar refractivity (Wildman–Crippen MR) is 148 cm³/mol. The summed E-state index contributed by atoms with van der Waals surface area (Å²) >= 11 is 6.81. The fraction of sp³-hybridized carbons (Fsp3) is 0.407. The minimum absolute atomic E-state index is 0.0966. The number of thiocarbonyl (C=S) groups is 1. The standard InChI is InChI=1S/C27H30N4O3S2/c1-16-10-17(2)14-30(13-16)24-21(18(3)22(12-28)25(32)29(24)4)11-23-26(33)31(27(35)36-23)15-19-6-8-20(34-5)9-7-19/h6-9,11,16-17H,10,13-15H2,1-5H3/b23-11+. The van der Waals surface area contributed by atoms with E-state index in [4.69, 9.17) is 17.0 Å². The average molecular weight is 523 g/mol. The lowest BCUT2D eigenvalue weighted by Gasteiger charge is -2.38. The van der Waals surface area contributed by atoms with Gasteiger partial charge in [0.1, 0.15) is 27.5 Å². The number of anilines is 1. The molecule has 1 aromatic carbocycles. The number of carbonyl (C=O) groups excluding carboxylic acids is 1. The predicted octanol–water partition coefficient (Wildman–Crippen LogP) is 4.46. The second kappa shape index (κ2) is 10.5. The zero-order valence-electron chi connectivity index (χ0n) is 21.2. The van der Waals surface area contributed by atoms with Gasteiger partial charge in [0.25, 0.3) is 11.5 Å². The first-order chi connectivity index (χ1) is 17.1. The third-order valence-electron chi connectivity index (χ3n) is 6.79. The van der Waals surface area contributed by atoms with E-state index in [1.165, 1.54) is 11.8 Å². The molecule has 0 N–H and O–H groups in total. The number of nitriles is 1. The molecule has 188 valence electrons. The monoisotopic (exact) mass is 522 g/mol. The van der Waals surface area contributed by atoms with Crippen LogP contribution in [0.1, 0.15) is 42.5 Å². The minimum Gasteiger partial charge on any atom is -0.497 e. The maximum atomic E-state index is 13.4. The van der Waals surface area contributed by atoms with Gasteiger partial charge in [0, 0.05) is 25.7 Å². The Bertz CT molecular complexity index is 1330. The van der Waals surface area contributed by atoms with Crippen molar-refractivity contribution in [2.45, 2.75) is 33.7 Å². The molecule has 36 heavy (non-hydrogen) atoms. The average Bonchev–Trinajstić information content (AvgIpc) is 3.10. The van der Waals surface area contributed by atoms with Crippen LogP contribution in [0.5, 0.6) is 5.75 Å². The third kappa shape index (κ3) is 4.93. The number of carbonyl (C=O) groups is 1. The van der Waals surface area contributed by atoms with E-state index in [1.54, 1.807) is 30.5 Å². The highest BCUT2D eigenvalue weighted by Gasteiger charge is 2.34. The van der Waals surface area contributed by atoms with Crippen molar-refractivity contribution in [2.75, 3.05) is 25.1 Å². The molecule has 1 amide bonds. The molecule has 0 bridgehead atoms. The highest BCUT2D eigenvalue weighted by molar-refractivity contribution is 8.26. The zero-order chi connectivity index (χ0) is 26.1. The number of thioether (sulfide) groups is 1. The van der Waals surface area contributed by atoms with E-state index in [1.807, 2.05) is 30.3 Å². The van der Waals surface area contributed by atoms with Gasteiger partial charge in [0.15, 0.2) is 0 Å². The van der Waals surface area contributed by atoms with Gasteiger partial charge in [-0.1, -0.05) is 50.0 Å². The number of aromatic nitrogens is 1. The molecule has 2 aliphatic rings. The Kier molecular flexibility index (Phi) is 7.57. The van der Waals surface area contributed by atoms with Gasteiger partial charge in [-0.3, -0.25) is 19.1 Å². The topological polar surface area (TPSA) is 78.6 Å². The lowest BCUT2D eigenvalue weighted by Crippen LogP contribution is -2.42. The van der Waals surface area contributed by atoms with Crippen molar-refractivity contribution in [3.8, 4) is 11.8 Å². The van der Waals surface area contributed by atoms with Crippen LogP contribution in [0.2, 0.25) is 0 Å². The first-order valence-electron chi connectivity index (χ1n) is 11.9. The maximum Gasteiger partial charge on any atom is 0.270 e. The summed E-state index contributed by atoms with van der Waals surface area (Å²) in [6.07, 6.45) is 2.93. The fourth-order valence-electron chi connectivity index (χ4n) is 5.11. The van der Waals surface area contributed by atoms with Crippen LogP contribution >= 0.6 is 24.0 Å². The van der Waals surface area contributed by atoms with Crippen LogP contribution in [0.15, 0.2) is 34.0 Å². The molecule has 4 rings (SSSR count). The first kappa shape index (κ1) is 26.0. The van der Waals surface area contributed by atoms with Crippen molar-refractivity contribution in [1.82, 2.24) is 9.47 Å². The Hall–Kier alpha value is -3.09. The number of methoxy groups -OCH3 is 1. The molecule has 2 unspecified atom stereocenters. The van der Waals surface area contributed by atoms with E-state index < -0.39 is 0 Å². The zero-order valence-corrected chi connectivity index (χ0v) is 22.8. The number of benzene rings is 1. The molecule has 2 atom stereocenters. The van der Waals surface area contributed by atoms with E-state index in [9.17, 15) is 14.9 Å². The highest BCUT2D eigenvalue weighted by Crippen LogP contribution is 2.37. The number of ether oxygens (including phenoxy) is 1. The third-order valence-corrected chi connectivity index (χ3v) is 8.16. The lowest BCUT2D eigenvalue weighted by molar-refractivity contribution is -0.122. The molecule has 2 saturated heterocycles. The van der Waals surface area contributed by atoms with Crippen LogP contribution in [-0.4, -0.2) is 39.9 Å². The Labute approximate surface area is 221 Å². The van der Waals surface area contributed by atoms with Crippen molar-refractivity contribution >= 4 is 46.1 Å². The molecule has 7 nitrogen and oxygen atoms in total. The van der Waals surface area contributed by atoms with Crippen LogP contribution in [0.3, 0.4) is 0 Å². The Balaban J connectivity index is 1.75. The number of nitrogens with zero attached hydrogens (tertiary/aromatic N) is 4. The van der Waals surface area contributed by atoms with Crippen LogP contribution in [-0.2, 0) is 18.4 Å². The number of piperidine rings is 1. The van der Waals surface area contributed by atoms with Gasteiger partial charge in [-0.05, 0) is 54.5 Å². The molecule has 2 fully saturated rings. The summed E-state index contributed by atoms with van der Waals surface area (Å²) in [5, 5.41) is 9.72. The molecular weight excluding hydrogens is 492 g/mol. The van der Waals surface area contributed by atoms with Crippen molar-refractivity contribution in [3.05, 3.63) is 61.8 Å². The summed E-state index contributed by atoms with van der Waals surface area (Å²) < 4.78 is 7.25. The number of rotatable bonds is 5. The van der Waals surface area contributed by atoms with Gasteiger partial charge in [-0.2, -0.15) is 5.26 Å². The van der Waals surface area contributed by atoms with Crippen molar-refractivity contribution in [2.24, 2.45) is 18.9 Å². The van der Waals surface area contributed by atoms with Gasteiger partial charge in [-0.25, -0.2) is 0 Å². The molecule has 2 aliphatic heterocycles. The van der Waals surface area contributed by atoms with Crippen molar-refractivity contribution in [1.29, 1.82) is 5.26 Å². The first-order valence-corrected chi connectivity index (χ1v) is 13.1. The van der Waals surface area contributed by atoms with Gasteiger partial charge in [0.05, 0.1) is 18.6 Å². The molecular formula is C27H30N4O3S2. The van der Waals surface area contributed by atoms with Crippen molar-refractivity contribution in [3.63, 3.8) is 0 Å². The van der Waals surface area contributed by atoms with Gasteiger partial charge in [-0.15, -0.1) is 0 Å². The van der Waals surface area contributed by atoms with E-state index in [0.717, 1.165) is 42.2 Å². The number of pyridine rings is 1. The van der Waals surface area contributed by atoms with Gasteiger partial charge >= 0.3 is 0 Å². The summed E-state index contributed by atoms with van der Waals surface area (Å²) in [6, 6.07) is 9.60. The summed E-state index contributed by atoms with van der Waals surface area (Å²) in [7, 11) is 3.31. The molecule has 3 heterocycles. The Morgan fingerprint density at radius 3 is 2.42 bits per heavy atom. The summed E-state index contributed by atoms with van der Waals surface area (Å²) in [4.78, 5) is 30.8. The lowest BCUT2D eigenvalue weighted by atomic mass is 9.91. The van der Waals surface area contributed by atoms with Crippen LogP contribution in [0, 0.1) is 30.1 Å². The number of hydrogen-bond acceptors (Lipinski definition) is 7. The van der Waals surface area contributed by atoms with E-state index in [-0.39, 0.29) is 17.0 Å². The maximum absolute atomic E-state index is 13.4. The Morgan fingerprint density at radius 1 is 1.19 bits per heavy atom.